The Balaban J connectivity index is 1.70. The molecule has 1 aromatic heterocycles. The summed E-state index contributed by atoms with van der Waals surface area (Å²) in [6.07, 6.45) is -1.27. The summed E-state index contributed by atoms with van der Waals surface area (Å²) in [7, 11) is 0. The zero-order chi connectivity index (χ0) is 14.3. The van der Waals surface area contributed by atoms with Crippen LogP contribution in [0.1, 0.15) is 34.5 Å². The van der Waals surface area contributed by atoms with E-state index in [-0.39, 0.29) is 29.3 Å². The van der Waals surface area contributed by atoms with Crippen LogP contribution in [0.3, 0.4) is 0 Å². The summed E-state index contributed by atoms with van der Waals surface area (Å²) in [4.78, 5) is 25.6. The average Bonchev–Trinajstić information content (AvgIpc) is 3.03. The standard InChI is InChI=1S/C13H14F2N2O2S/c14-12(15)8-3-10(20-6-8)13(19)17-4-7-1-2-11(18)16-9(7)5-17/h3,6-7,9,12H,1-2,4-5H2,(H,16,18). The Morgan fingerprint density at radius 2 is 2.25 bits per heavy atom. The highest BCUT2D eigenvalue weighted by atomic mass is 32.1. The number of nitrogens with zero attached hydrogens (tertiary/aromatic N) is 1. The minimum Gasteiger partial charge on any atom is -0.351 e. The van der Waals surface area contributed by atoms with Crippen molar-refractivity contribution in [3.8, 4) is 0 Å². The van der Waals surface area contributed by atoms with Crippen LogP contribution >= 0.6 is 11.3 Å². The van der Waals surface area contributed by atoms with E-state index in [1.807, 2.05) is 0 Å². The van der Waals surface area contributed by atoms with Crippen molar-refractivity contribution in [2.45, 2.75) is 25.3 Å². The molecule has 0 aromatic carbocycles. The van der Waals surface area contributed by atoms with Gasteiger partial charge in [0.2, 0.25) is 5.91 Å². The summed E-state index contributed by atoms with van der Waals surface area (Å²) in [6.45, 7) is 1.06. The molecule has 20 heavy (non-hydrogen) atoms. The average molecular weight is 300 g/mol. The quantitative estimate of drug-likeness (QED) is 0.908. The number of nitrogens with one attached hydrogen (secondary N) is 1. The highest BCUT2D eigenvalue weighted by Gasteiger charge is 2.39. The SMILES string of the molecule is O=C1CCC2CN(C(=O)c3cc(C(F)F)cs3)CC2N1. The second-order valence-corrected chi connectivity index (χ2v) is 6.14. The van der Waals surface area contributed by atoms with Crippen molar-refractivity contribution < 1.29 is 18.4 Å². The first-order valence-corrected chi connectivity index (χ1v) is 7.38. The molecule has 2 unspecified atom stereocenters. The van der Waals surface area contributed by atoms with Crippen molar-refractivity contribution in [2.75, 3.05) is 13.1 Å². The maximum absolute atomic E-state index is 12.5. The Bertz CT molecular complexity index is 546. The third kappa shape index (κ3) is 2.42. The van der Waals surface area contributed by atoms with Gasteiger partial charge in [-0.1, -0.05) is 0 Å². The number of carbonyl (C=O) groups is 2. The summed E-state index contributed by atoms with van der Waals surface area (Å²) >= 11 is 1.05. The van der Waals surface area contributed by atoms with Crippen LogP contribution in [-0.4, -0.2) is 35.8 Å². The molecule has 108 valence electrons. The van der Waals surface area contributed by atoms with Gasteiger partial charge in [0.25, 0.3) is 12.3 Å². The van der Waals surface area contributed by atoms with Crippen molar-refractivity contribution in [3.05, 3.63) is 21.9 Å². The molecule has 2 aliphatic heterocycles. The van der Waals surface area contributed by atoms with E-state index in [0.29, 0.717) is 24.4 Å². The summed E-state index contributed by atoms with van der Waals surface area (Å²) in [5.41, 5.74) is -0.108. The number of thiophene rings is 1. The second kappa shape index (κ2) is 5.12. The van der Waals surface area contributed by atoms with Crippen molar-refractivity contribution in [1.82, 2.24) is 10.2 Å². The van der Waals surface area contributed by atoms with Crippen molar-refractivity contribution in [3.63, 3.8) is 0 Å². The fraction of sp³-hybridized carbons (Fsp3) is 0.538. The van der Waals surface area contributed by atoms with Gasteiger partial charge in [-0.3, -0.25) is 9.59 Å². The lowest BCUT2D eigenvalue weighted by atomic mass is 9.94. The third-order valence-corrected chi connectivity index (χ3v) is 4.84. The molecule has 3 heterocycles. The molecule has 2 atom stereocenters. The van der Waals surface area contributed by atoms with Crippen LogP contribution in [0, 0.1) is 5.92 Å². The first-order chi connectivity index (χ1) is 9.54. The molecule has 1 aromatic rings. The molecule has 0 spiro atoms. The van der Waals surface area contributed by atoms with Crippen LogP contribution in [0.2, 0.25) is 0 Å². The minimum absolute atomic E-state index is 0.00901. The van der Waals surface area contributed by atoms with E-state index in [1.165, 1.54) is 11.4 Å². The molecule has 2 fully saturated rings. The van der Waals surface area contributed by atoms with Gasteiger partial charge in [-0.05, 0) is 18.4 Å². The van der Waals surface area contributed by atoms with Crippen LogP contribution in [-0.2, 0) is 4.79 Å². The fourth-order valence-corrected chi connectivity index (χ4v) is 3.69. The third-order valence-electron chi connectivity index (χ3n) is 3.90. The number of rotatable bonds is 2. The molecule has 0 saturated carbocycles. The van der Waals surface area contributed by atoms with Gasteiger partial charge in [0.1, 0.15) is 0 Å². The van der Waals surface area contributed by atoms with Gasteiger partial charge in [-0.25, -0.2) is 8.78 Å². The first-order valence-electron chi connectivity index (χ1n) is 6.50. The van der Waals surface area contributed by atoms with E-state index in [1.54, 1.807) is 4.90 Å². The van der Waals surface area contributed by atoms with Gasteiger partial charge in [-0.2, -0.15) is 0 Å². The highest BCUT2D eigenvalue weighted by molar-refractivity contribution is 7.12. The van der Waals surface area contributed by atoms with Gasteiger partial charge in [0.05, 0.1) is 10.9 Å². The number of amides is 2. The van der Waals surface area contributed by atoms with E-state index in [9.17, 15) is 18.4 Å². The van der Waals surface area contributed by atoms with Crippen LogP contribution in [0.4, 0.5) is 8.78 Å². The number of carbonyl (C=O) groups excluding carboxylic acids is 2. The molecule has 0 radical (unpaired) electrons. The number of alkyl halides is 2. The maximum Gasteiger partial charge on any atom is 0.264 e. The van der Waals surface area contributed by atoms with Crippen LogP contribution in [0.15, 0.2) is 11.4 Å². The summed E-state index contributed by atoms with van der Waals surface area (Å²) < 4.78 is 25.1. The van der Waals surface area contributed by atoms with Gasteiger partial charge < -0.3 is 10.2 Å². The molecule has 4 nitrogen and oxygen atoms in total. The molecular formula is C13H14F2N2O2S. The second-order valence-electron chi connectivity index (χ2n) is 5.23. The highest BCUT2D eigenvalue weighted by Crippen LogP contribution is 2.29. The summed E-state index contributed by atoms with van der Waals surface area (Å²) in [6, 6.07) is 1.27. The zero-order valence-corrected chi connectivity index (χ0v) is 11.5. The minimum atomic E-state index is -2.55. The van der Waals surface area contributed by atoms with E-state index in [0.717, 1.165) is 17.8 Å². The summed E-state index contributed by atoms with van der Waals surface area (Å²) in [5.74, 6) is 0.0911. The molecule has 3 rings (SSSR count). The normalized spacial score (nSPS) is 25.8. The lowest BCUT2D eigenvalue weighted by Crippen LogP contribution is -2.44. The van der Waals surface area contributed by atoms with E-state index in [2.05, 4.69) is 5.32 Å². The Morgan fingerprint density at radius 3 is 2.95 bits per heavy atom. The number of hydrogen-bond donors (Lipinski definition) is 1. The van der Waals surface area contributed by atoms with E-state index in [4.69, 9.17) is 0 Å². The molecule has 2 saturated heterocycles. The Kier molecular flexibility index (Phi) is 3.45. The van der Waals surface area contributed by atoms with Gasteiger partial charge in [-0.15, -0.1) is 11.3 Å². The maximum atomic E-state index is 12.5. The van der Waals surface area contributed by atoms with Gasteiger partial charge >= 0.3 is 0 Å². The molecule has 0 aliphatic carbocycles. The van der Waals surface area contributed by atoms with Crippen LogP contribution < -0.4 is 5.32 Å². The van der Waals surface area contributed by atoms with Crippen LogP contribution in [0.25, 0.3) is 0 Å². The predicted molar refractivity (Wildman–Crippen MR) is 69.8 cm³/mol. The van der Waals surface area contributed by atoms with Gasteiger partial charge in [0, 0.05) is 30.5 Å². The first kappa shape index (κ1) is 13.5. The Hall–Kier alpha value is -1.50. The lowest BCUT2D eigenvalue weighted by Gasteiger charge is -2.24. The van der Waals surface area contributed by atoms with Crippen molar-refractivity contribution in [1.29, 1.82) is 0 Å². The topological polar surface area (TPSA) is 49.4 Å². The van der Waals surface area contributed by atoms with Gasteiger partial charge in [0.15, 0.2) is 0 Å². The van der Waals surface area contributed by atoms with Crippen LogP contribution in [0.5, 0.6) is 0 Å². The van der Waals surface area contributed by atoms with Crippen molar-refractivity contribution >= 4 is 23.2 Å². The van der Waals surface area contributed by atoms with Crippen molar-refractivity contribution in [2.24, 2.45) is 5.92 Å². The predicted octanol–water partition coefficient (Wildman–Crippen LogP) is 2.04. The molecule has 2 amide bonds. The monoisotopic (exact) mass is 300 g/mol. The van der Waals surface area contributed by atoms with E-state index >= 15 is 0 Å². The van der Waals surface area contributed by atoms with E-state index < -0.39 is 6.43 Å². The largest absolute Gasteiger partial charge is 0.351 e. The number of piperidine rings is 1. The number of hydrogen-bond acceptors (Lipinski definition) is 3. The number of halogens is 2. The number of likely N-dealkylation sites (tertiary alicyclic amines) is 1. The molecule has 2 aliphatic rings. The summed E-state index contributed by atoms with van der Waals surface area (Å²) in [5, 5.41) is 4.21. The smallest absolute Gasteiger partial charge is 0.264 e. The zero-order valence-electron chi connectivity index (χ0n) is 10.6. The molecular weight excluding hydrogens is 286 g/mol. The molecule has 0 bridgehead atoms. The fourth-order valence-electron chi connectivity index (χ4n) is 2.82. The number of fused-ring (bicyclic) bond motifs is 1. The lowest BCUT2D eigenvalue weighted by molar-refractivity contribution is -0.123. The molecule has 1 N–H and O–H groups in total. The Labute approximate surface area is 118 Å². The molecule has 7 heteroatoms. The Morgan fingerprint density at radius 1 is 1.45 bits per heavy atom.